The van der Waals surface area contributed by atoms with Crippen LogP contribution in [0.15, 0.2) is 0 Å². The molecule has 0 saturated carbocycles. The van der Waals surface area contributed by atoms with Crippen molar-refractivity contribution in [3.8, 4) is 0 Å². The number of nitrogens with one attached hydrogen (secondary N) is 1. The van der Waals surface area contributed by atoms with Gasteiger partial charge in [0.25, 0.3) is 5.91 Å². The molecule has 2 atom stereocenters. The number of carbonyl (C=O) groups is 4. The number of carboxylic acid groups (broad SMARTS) is 1. The van der Waals surface area contributed by atoms with Gasteiger partial charge in [0.2, 0.25) is 5.78 Å². The highest BCUT2D eigenvalue weighted by Gasteiger charge is 2.34. The van der Waals surface area contributed by atoms with Crippen LogP contribution in [-0.2, 0) is 19.1 Å². The normalized spacial score (nSPS) is 20.2. The smallest absolute Gasteiger partial charge is 0.407 e. The first-order chi connectivity index (χ1) is 10.5. The van der Waals surface area contributed by atoms with Crippen molar-refractivity contribution in [1.29, 1.82) is 0 Å². The van der Waals surface area contributed by atoms with Crippen LogP contribution in [0.2, 0.25) is 0 Å². The highest BCUT2D eigenvalue weighted by atomic mass is 16.6. The molecule has 1 unspecified atom stereocenters. The Hall–Kier alpha value is -2.12. The number of alkyl carbamates (subject to hydrolysis) is 1. The zero-order chi connectivity index (χ0) is 17.8. The topological polar surface area (TPSA) is 113 Å². The number of likely N-dealkylation sites (tertiary alicyclic amines) is 1. The van der Waals surface area contributed by atoms with E-state index < -0.39 is 35.4 Å². The monoisotopic (exact) mass is 328 g/mol. The number of hydrogen-bond acceptors (Lipinski definition) is 5. The molecule has 0 aromatic carbocycles. The van der Waals surface area contributed by atoms with Crippen molar-refractivity contribution in [1.82, 2.24) is 10.2 Å². The molecule has 23 heavy (non-hydrogen) atoms. The Bertz CT molecular complexity index is 497. The number of amides is 2. The molecule has 1 fully saturated rings. The van der Waals surface area contributed by atoms with E-state index >= 15 is 0 Å². The van der Waals surface area contributed by atoms with Crippen LogP contribution in [0.3, 0.4) is 0 Å². The lowest BCUT2D eigenvalue weighted by Gasteiger charge is -2.32. The maximum absolute atomic E-state index is 12.0. The minimum Gasteiger partial charge on any atom is -0.481 e. The Kier molecular flexibility index (Phi) is 6.12. The lowest BCUT2D eigenvalue weighted by atomic mass is 9.96. The maximum atomic E-state index is 12.0. The summed E-state index contributed by atoms with van der Waals surface area (Å²) in [7, 11) is 0. The van der Waals surface area contributed by atoms with Crippen LogP contribution in [0.1, 0.15) is 40.5 Å². The number of Topliss-reactive ketones (excluding diaryl/α,β-unsaturated/α-hetero) is 1. The van der Waals surface area contributed by atoms with E-state index in [1.54, 1.807) is 27.7 Å². The predicted molar refractivity (Wildman–Crippen MR) is 80.8 cm³/mol. The van der Waals surface area contributed by atoms with Gasteiger partial charge in [-0.1, -0.05) is 6.92 Å². The van der Waals surface area contributed by atoms with Crippen LogP contribution in [0.25, 0.3) is 0 Å². The molecule has 0 bridgehead atoms. The number of nitrogens with zero attached hydrogens (tertiary/aromatic N) is 1. The van der Waals surface area contributed by atoms with Gasteiger partial charge in [0.1, 0.15) is 5.60 Å². The van der Waals surface area contributed by atoms with Gasteiger partial charge < -0.3 is 20.1 Å². The third-order valence-electron chi connectivity index (χ3n) is 3.36. The molecule has 0 aliphatic carbocycles. The maximum Gasteiger partial charge on any atom is 0.407 e. The Morgan fingerprint density at radius 3 is 2.52 bits per heavy atom. The predicted octanol–water partition coefficient (Wildman–Crippen LogP) is 0.792. The first-order valence-electron chi connectivity index (χ1n) is 7.54. The number of carboxylic acids is 1. The summed E-state index contributed by atoms with van der Waals surface area (Å²) in [4.78, 5) is 47.7. The van der Waals surface area contributed by atoms with E-state index in [-0.39, 0.29) is 18.9 Å². The van der Waals surface area contributed by atoms with Crippen molar-refractivity contribution in [3.63, 3.8) is 0 Å². The van der Waals surface area contributed by atoms with Crippen molar-refractivity contribution in [3.05, 3.63) is 0 Å². The second-order valence-electron chi connectivity index (χ2n) is 6.75. The molecule has 1 saturated heterocycles. The van der Waals surface area contributed by atoms with E-state index in [9.17, 15) is 19.2 Å². The van der Waals surface area contributed by atoms with E-state index in [1.807, 2.05) is 0 Å². The summed E-state index contributed by atoms with van der Waals surface area (Å²) in [6.45, 7) is 7.07. The molecule has 0 aromatic heterocycles. The lowest BCUT2D eigenvalue weighted by Crippen LogP contribution is -2.52. The van der Waals surface area contributed by atoms with Crippen LogP contribution in [-0.4, -0.2) is 58.5 Å². The fraction of sp³-hybridized carbons (Fsp3) is 0.733. The molecule has 2 N–H and O–H groups in total. The van der Waals surface area contributed by atoms with E-state index in [0.717, 1.165) is 0 Å². The first kappa shape index (κ1) is 18.9. The summed E-state index contributed by atoms with van der Waals surface area (Å²) in [5, 5.41) is 11.4. The van der Waals surface area contributed by atoms with Gasteiger partial charge >= 0.3 is 12.1 Å². The Balaban J connectivity index is 2.71. The average Bonchev–Trinajstić information content (AvgIpc) is 2.36. The number of rotatable bonds is 5. The first-order valence-corrected chi connectivity index (χ1v) is 7.54. The third kappa shape index (κ3) is 6.25. The van der Waals surface area contributed by atoms with Crippen LogP contribution in [0.4, 0.5) is 4.79 Å². The van der Waals surface area contributed by atoms with Gasteiger partial charge in [0, 0.05) is 19.0 Å². The number of aliphatic carboxylic acids is 1. The number of hydrogen-bond donors (Lipinski definition) is 2. The van der Waals surface area contributed by atoms with E-state index in [4.69, 9.17) is 9.84 Å². The molecule has 0 spiro atoms. The second-order valence-corrected chi connectivity index (χ2v) is 6.75. The highest BCUT2D eigenvalue weighted by molar-refractivity contribution is 6.37. The van der Waals surface area contributed by atoms with Crippen molar-refractivity contribution < 1.29 is 29.0 Å². The number of ether oxygens (including phenoxy) is 1. The molecular weight excluding hydrogens is 304 g/mol. The molecular formula is C15H24N2O6. The van der Waals surface area contributed by atoms with E-state index in [0.29, 0.717) is 13.0 Å². The van der Waals surface area contributed by atoms with Crippen LogP contribution < -0.4 is 5.32 Å². The van der Waals surface area contributed by atoms with Crippen molar-refractivity contribution >= 4 is 23.8 Å². The van der Waals surface area contributed by atoms with Crippen molar-refractivity contribution in [2.45, 2.75) is 52.2 Å². The molecule has 1 aliphatic rings. The van der Waals surface area contributed by atoms with Gasteiger partial charge in [-0.25, -0.2) is 4.79 Å². The largest absolute Gasteiger partial charge is 0.481 e. The Labute approximate surface area is 135 Å². The second kappa shape index (κ2) is 7.43. The minimum absolute atomic E-state index is 0.0389. The molecule has 8 nitrogen and oxygen atoms in total. The molecule has 0 radical (unpaired) electrons. The summed E-state index contributed by atoms with van der Waals surface area (Å²) >= 11 is 0. The van der Waals surface area contributed by atoms with Crippen molar-refractivity contribution in [2.75, 3.05) is 13.1 Å². The highest BCUT2D eigenvalue weighted by Crippen LogP contribution is 2.15. The summed E-state index contributed by atoms with van der Waals surface area (Å²) in [5.74, 6) is -2.56. The summed E-state index contributed by atoms with van der Waals surface area (Å²) < 4.78 is 5.09. The molecule has 2 amide bonds. The molecule has 8 heteroatoms. The molecule has 130 valence electrons. The van der Waals surface area contributed by atoms with Crippen molar-refractivity contribution in [2.24, 2.45) is 5.92 Å². The Morgan fingerprint density at radius 1 is 1.39 bits per heavy atom. The van der Waals surface area contributed by atoms with Crippen LogP contribution in [0, 0.1) is 5.92 Å². The van der Waals surface area contributed by atoms with Gasteiger partial charge in [-0.2, -0.15) is 0 Å². The zero-order valence-electron chi connectivity index (χ0n) is 13.9. The van der Waals surface area contributed by atoms with Gasteiger partial charge in [0.05, 0.1) is 12.5 Å². The molecule has 1 heterocycles. The Morgan fingerprint density at radius 2 is 2.00 bits per heavy atom. The average molecular weight is 328 g/mol. The third-order valence-corrected chi connectivity index (χ3v) is 3.36. The SMILES string of the molecule is CC1CCN(C[C@H](CC(=O)O)NC(=O)OC(C)(C)C)C(=O)C1=O. The van der Waals surface area contributed by atoms with Gasteiger partial charge in [0.15, 0.2) is 0 Å². The quantitative estimate of drug-likeness (QED) is 0.722. The van der Waals surface area contributed by atoms with Crippen LogP contribution in [0.5, 0.6) is 0 Å². The fourth-order valence-corrected chi connectivity index (χ4v) is 2.24. The van der Waals surface area contributed by atoms with E-state index in [1.165, 1.54) is 4.90 Å². The van der Waals surface area contributed by atoms with Gasteiger partial charge in [-0.15, -0.1) is 0 Å². The van der Waals surface area contributed by atoms with E-state index in [2.05, 4.69) is 5.32 Å². The summed E-state index contributed by atoms with van der Waals surface area (Å²) in [5.41, 5.74) is -0.718. The standard InChI is InChI=1S/C15H24N2O6/c1-9-5-6-17(13(21)12(9)20)8-10(7-11(18)19)16-14(22)23-15(2,3)4/h9-10H,5-8H2,1-4H3,(H,16,22)(H,18,19)/t9?,10-/m0/s1. The molecule has 1 rings (SSSR count). The summed E-state index contributed by atoms with van der Waals surface area (Å²) in [6.07, 6.45) is -0.600. The van der Waals surface area contributed by atoms with Crippen LogP contribution >= 0.6 is 0 Å². The number of ketones is 1. The van der Waals surface area contributed by atoms with Gasteiger partial charge in [-0.3, -0.25) is 14.4 Å². The molecule has 0 aromatic rings. The summed E-state index contributed by atoms with van der Waals surface area (Å²) in [6, 6.07) is -0.826. The minimum atomic E-state index is -1.12. The fourth-order valence-electron chi connectivity index (χ4n) is 2.24. The zero-order valence-corrected chi connectivity index (χ0v) is 13.9. The lowest BCUT2D eigenvalue weighted by molar-refractivity contribution is -0.150. The molecule has 1 aliphatic heterocycles. The van der Waals surface area contributed by atoms with Gasteiger partial charge in [-0.05, 0) is 27.2 Å². The number of carbonyl (C=O) groups excluding carboxylic acids is 3. The number of piperidine rings is 1.